The fourth-order valence-electron chi connectivity index (χ4n) is 1.45. The molecular formula is C11H22N2O3. The lowest BCUT2D eigenvalue weighted by atomic mass is 10.1. The number of amides is 2. The van der Waals surface area contributed by atoms with Gasteiger partial charge in [-0.1, -0.05) is 0 Å². The van der Waals surface area contributed by atoms with Gasteiger partial charge in [0.1, 0.15) is 0 Å². The minimum atomic E-state index is -0.551. The SMILES string of the molecule is CC(=O)NCCCCC(NC(C)=O)C(C)O. The molecule has 2 atom stereocenters. The Balaban J connectivity index is 3.68. The van der Waals surface area contributed by atoms with E-state index < -0.39 is 6.10 Å². The lowest BCUT2D eigenvalue weighted by Gasteiger charge is -2.20. The maximum atomic E-state index is 10.9. The summed E-state index contributed by atoms with van der Waals surface area (Å²) in [7, 11) is 0. The highest BCUT2D eigenvalue weighted by atomic mass is 16.3. The molecule has 0 spiro atoms. The third-order valence-electron chi connectivity index (χ3n) is 2.29. The molecule has 0 bridgehead atoms. The minimum Gasteiger partial charge on any atom is -0.391 e. The third kappa shape index (κ3) is 8.23. The quantitative estimate of drug-likeness (QED) is 0.546. The van der Waals surface area contributed by atoms with Crippen molar-refractivity contribution in [3.63, 3.8) is 0 Å². The van der Waals surface area contributed by atoms with Crippen LogP contribution in [0.15, 0.2) is 0 Å². The van der Waals surface area contributed by atoms with Gasteiger partial charge in [0.05, 0.1) is 12.1 Å². The van der Waals surface area contributed by atoms with E-state index in [1.807, 2.05) is 0 Å². The van der Waals surface area contributed by atoms with Crippen LogP contribution in [-0.4, -0.2) is 35.6 Å². The van der Waals surface area contributed by atoms with Crippen molar-refractivity contribution in [1.82, 2.24) is 10.6 Å². The van der Waals surface area contributed by atoms with Crippen molar-refractivity contribution in [3.05, 3.63) is 0 Å². The lowest BCUT2D eigenvalue weighted by molar-refractivity contribution is -0.120. The second-order valence-corrected chi connectivity index (χ2v) is 4.03. The molecule has 0 aliphatic carbocycles. The first kappa shape index (κ1) is 14.9. The van der Waals surface area contributed by atoms with Crippen LogP contribution in [0, 0.1) is 0 Å². The number of nitrogens with one attached hydrogen (secondary N) is 2. The van der Waals surface area contributed by atoms with Gasteiger partial charge < -0.3 is 15.7 Å². The first-order valence-electron chi connectivity index (χ1n) is 5.63. The molecule has 5 heteroatoms. The van der Waals surface area contributed by atoms with Crippen molar-refractivity contribution in [2.45, 2.75) is 52.2 Å². The van der Waals surface area contributed by atoms with Crippen molar-refractivity contribution in [2.75, 3.05) is 6.54 Å². The molecule has 0 saturated carbocycles. The zero-order valence-electron chi connectivity index (χ0n) is 10.2. The summed E-state index contributed by atoms with van der Waals surface area (Å²) in [5.74, 6) is -0.165. The molecule has 0 aromatic carbocycles. The van der Waals surface area contributed by atoms with Crippen LogP contribution < -0.4 is 10.6 Å². The van der Waals surface area contributed by atoms with Gasteiger partial charge in [-0.25, -0.2) is 0 Å². The Morgan fingerprint density at radius 2 is 1.81 bits per heavy atom. The average Bonchev–Trinajstić information content (AvgIpc) is 2.14. The topological polar surface area (TPSA) is 78.4 Å². The van der Waals surface area contributed by atoms with E-state index in [1.54, 1.807) is 6.92 Å². The molecule has 0 fully saturated rings. The molecule has 0 aromatic rings. The predicted molar refractivity (Wildman–Crippen MR) is 61.8 cm³/mol. The largest absolute Gasteiger partial charge is 0.391 e. The van der Waals surface area contributed by atoms with E-state index in [0.717, 1.165) is 19.3 Å². The van der Waals surface area contributed by atoms with Crippen molar-refractivity contribution >= 4 is 11.8 Å². The van der Waals surface area contributed by atoms with Crippen molar-refractivity contribution in [1.29, 1.82) is 0 Å². The smallest absolute Gasteiger partial charge is 0.217 e. The van der Waals surface area contributed by atoms with Gasteiger partial charge in [0.25, 0.3) is 0 Å². The summed E-state index contributed by atoms with van der Waals surface area (Å²) in [6.07, 6.45) is 1.87. The molecule has 0 aromatic heterocycles. The van der Waals surface area contributed by atoms with Gasteiger partial charge in [0, 0.05) is 20.4 Å². The molecule has 2 amide bonds. The lowest BCUT2D eigenvalue weighted by Crippen LogP contribution is -2.41. The van der Waals surface area contributed by atoms with E-state index in [9.17, 15) is 14.7 Å². The summed E-state index contributed by atoms with van der Waals surface area (Å²) in [5.41, 5.74) is 0. The fourth-order valence-corrected chi connectivity index (χ4v) is 1.45. The standard InChI is InChI=1S/C11H22N2O3/c1-8(14)11(13-10(3)16)6-4-5-7-12-9(2)15/h8,11,14H,4-7H2,1-3H3,(H,12,15)(H,13,16). The Hall–Kier alpha value is -1.10. The van der Waals surface area contributed by atoms with Crippen LogP contribution in [0.5, 0.6) is 0 Å². The molecule has 0 heterocycles. The monoisotopic (exact) mass is 230 g/mol. The number of aliphatic hydroxyl groups excluding tert-OH is 1. The fraction of sp³-hybridized carbons (Fsp3) is 0.818. The summed E-state index contributed by atoms with van der Waals surface area (Å²) >= 11 is 0. The Morgan fingerprint density at radius 1 is 1.19 bits per heavy atom. The maximum Gasteiger partial charge on any atom is 0.217 e. The second-order valence-electron chi connectivity index (χ2n) is 4.03. The molecule has 0 radical (unpaired) electrons. The van der Waals surface area contributed by atoms with E-state index in [-0.39, 0.29) is 17.9 Å². The summed E-state index contributed by atoms with van der Waals surface area (Å²) < 4.78 is 0. The van der Waals surface area contributed by atoms with E-state index in [2.05, 4.69) is 10.6 Å². The Bertz CT molecular complexity index is 229. The second kappa shape index (κ2) is 8.10. The Kier molecular flexibility index (Phi) is 7.54. The van der Waals surface area contributed by atoms with Gasteiger partial charge in [0.15, 0.2) is 0 Å². The number of rotatable bonds is 7. The number of aliphatic hydroxyl groups is 1. The van der Waals surface area contributed by atoms with Crippen LogP contribution >= 0.6 is 0 Å². The molecule has 0 rings (SSSR count). The molecule has 94 valence electrons. The first-order chi connectivity index (χ1) is 7.43. The highest BCUT2D eigenvalue weighted by Crippen LogP contribution is 2.04. The maximum absolute atomic E-state index is 10.9. The van der Waals surface area contributed by atoms with E-state index >= 15 is 0 Å². The van der Waals surface area contributed by atoms with Gasteiger partial charge in [-0.05, 0) is 26.2 Å². The zero-order chi connectivity index (χ0) is 12.6. The third-order valence-corrected chi connectivity index (χ3v) is 2.29. The van der Waals surface area contributed by atoms with Gasteiger partial charge >= 0.3 is 0 Å². The molecule has 2 unspecified atom stereocenters. The minimum absolute atomic E-state index is 0.0334. The molecule has 16 heavy (non-hydrogen) atoms. The first-order valence-corrected chi connectivity index (χ1v) is 5.63. The van der Waals surface area contributed by atoms with Gasteiger partial charge in [-0.3, -0.25) is 9.59 Å². The van der Waals surface area contributed by atoms with E-state index in [1.165, 1.54) is 13.8 Å². The predicted octanol–water partition coefficient (Wildman–Crippen LogP) is 0.178. The number of carbonyl (C=O) groups is 2. The van der Waals surface area contributed by atoms with Crippen LogP contribution in [0.3, 0.4) is 0 Å². The molecule has 5 nitrogen and oxygen atoms in total. The van der Waals surface area contributed by atoms with E-state index in [0.29, 0.717) is 6.54 Å². The highest BCUT2D eigenvalue weighted by molar-refractivity contribution is 5.73. The summed E-state index contributed by atoms with van der Waals surface area (Å²) in [6.45, 7) is 5.22. The van der Waals surface area contributed by atoms with Crippen LogP contribution in [0.4, 0.5) is 0 Å². The number of hydrogen-bond donors (Lipinski definition) is 3. The zero-order valence-corrected chi connectivity index (χ0v) is 10.2. The number of hydrogen-bond acceptors (Lipinski definition) is 3. The van der Waals surface area contributed by atoms with Crippen molar-refractivity contribution in [3.8, 4) is 0 Å². The van der Waals surface area contributed by atoms with Crippen LogP contribution in [0.1, 0.15) is 40.0 Å². The normalized spacial score (nSPS) is 14.0. The Labute approximate surface area is 96.6 Å². The molecule has 0 saturated heterocycles. The Morgan fingerprint density at radius 3 is 2.25 bits per heavy atom. The summed E-state index contributed by atoms with van der Waals surface area (Å²) in [5, 5.41) is 14.8. The van der Waals surface area contributed by atoms with Gasteiger partial charge in [-0.15, -0.1) is 0 Å². The van der Waals surface area contributed by atoms with Crippen LogP contribution in [0.2, 0.25) is 0 Å². The summed E-state index contributed by atoms with van der Waals surface area (Å²) in [4.78, 5) is 21.4. The molecule has 0 aliphatic rings. The van der Waals surface area contributed by atoms with Crippen LogP contribution in [-0.2, 0) is 9.59 Å². The van der Waals surface area contributed by atoms with E-state index in [4.69, 9.17) is 0 Å². The van der Waals surface area contributed by atoms with Crippen LogP contribution in [0.25, 0.3) is 0 Å². The molecular weight excluding hydrogens is 208 g/mol. The molecule has 3 N–H and O–H groups in total. The van der Waals surface area contributed by atoms with Gasteiger partial charge in [0.2, 0.25) is 11.8 Å². The highest BCUT2D eigenvalue weighted by Gasteiger charge is 2.14. The van der Waals surface area contributed by atoms with Crippen molar-refractivity contribution in [2.24, 2.45) is 0 Å². The number of unbranched alkanes of at least 4 members (excludes halogenated alkanes) is 1. The van der Waals surface area contributed by atoms with Gasteiger partial charge in [-0.2, -0.15) is 0 Å². The number of carbonyl (C=O) groups excluding carboxylic acids is 2. The summed E-state index contributed by atoms with van der Waals surface area (Å²) in [6, 6.07) is -0.199. The average molecular weight is 230 g/mol. The molecule has 0 aliphatic heterocycles. The van der Waals surface area contributed by atoms with Crippen molar-refractivity contribution < 1.29 is 14.7 Å².